The molecule has 0 amide bonds. The molecule has 0 aromatic heterocycles. The average Bonchev–Trinajstić information content (AvgIpc) is 2.66. The van der Waals surface area contributed by atoms with Gasteiger partial charge in [-0.25, -0.2) is 0 Å². The Labute approximate surface area is 169 Å². The number of allylic oxidation sites excluding steroid dienone is 2. The molecule has 0 spiro atoms. The van der Waals surface area contributed by atoms with Crippen molar-refractivity contribution in [2.24, 2.45) is 11.5 Å². The predicted octanol–water partition coefficient (Wildman–Crippen LogP) is 4.75. The Morgan fingerprint density at radius 1 is 1.00 bits per heavy atom. The van der Waals surface area contributed by atoms with Crippen LogP contribution in [0.25, 0.3) is 0 Å². The fourth-order valence-electron chi connectivity index (χ4n) is 2.48. The second-order valence-corrected chi connectivity index (χ2v) is 6.62. The summed E-state index contributed by atoms with van der Waals surface area (Å²) in [6.45, 7) is 7.55. The Hall–Kier alpha value is -3.19. The summed E-state index contributed by atoms with van der Waals surface area (Å²) >= 11 is 0. The number of hydrogen-bond acceptors (Lipinski definition) is 4. The Bertz CT molecular complexity index is 836. The molecule has 0 aliphatic heterocycles. The van der Waals surface area contributed by atoms with Gasteiger partial charge in [-0.2, -0.15) is 13.2 Å². The van der Waals surface area contributed by atoms with Gasteiger partial charge in [-0.1, -0.05) is 48.0 Å². The van der Waals surface area contributed by atoms with Gasteiger partial charge in [-0.3, -0.25) is 10.4 Å². The minimum absolute atomic E-state index is 0.140. The van der Waals surface area contributed by atoms with Crippen LogP contribution in [0.3, 0.4) is 0 Å². The highest BCUT2D eigenvalue weighted by molar-refractivity contribution is 5.63. The van der Waals surface area contributed by atoms with E-state index in [9.17, 15) is 13.2 Å². The summed E-state index contributed by atoms with van der Waals surface area (Å²) in [5.74, 6) is 0. The number of benzene rings is 2. The number of nitrogens with two attached hydrogens (primary N) is 2. The molecule has 0 aliphatic carbocycles. The molecular weight excluding hydrogens is 377 g/mol. The molecule has 2 aromatic carbocycles. The molecule has 0 bridgehead atoms. The summed E-state index contributed by atoms with van der Waals surface area (Å²) in [5, 5.41) is 1.73. The van der Waals surface area contributed by atoms with Gasteiger partial charge in [0.25, 0.3) is 0 Å². The Morgan fingerprint density at radius 2 is 1.45 bits per heavy atom. The van der Waals surface area contributed by atoms with E-state index in [0.717, 1.165) is 28.6 Å². The summed E-state index contributed by atoms with van der Waals surface area (Å²) < 4.78 is 38.5. The fraction of sp³-hybridized carbons (Fsp3) is 0.182. The van der Waals surface area contributed by atoms with Crippen LogP contribution in [0.5, 0.6) is 0 Å². The third kappa shape index (κ3) is 6.15. The topological polar surface area (TPSA) is 67.3 Å². The van der Waals surface area contributed by atoms with Crippen molar-refractivity contribution in [3.63, 3.8) is 0 Å². The molecule has 0 aliphatic rings. The van der Waals surface area contributed by atoms with Crippen molar-refractivity contribution in [3.05, 3.63) is 95.9 Å². The van der Waals surface area contributed by atoms with Gasteiger partial charge in [0, 0.05) is 0 Å². The first-order valence-corrected chi connectivity index (χ1v) is 8.94. The summed E-state index contributed by atoms with van der Waals surface area (Å²) in [6, 6.07) is 13.2. The molecule has 0 fully saturated rings. The first-order valence-electron chi connectivity index (χ1n) is 8.94. The van der Waals surface area contributed by atoms with E-state index in [1.807, 2.05) is 62.4 Å². The summed E-state index contributed by atoms with van der Waals surface area (Å²) in [4.78, 5) is 0. The number of halogens is 3. The first-order chi connectivity index (χ1) is 13.6. The molecule has 2 aromatic rings. The molecule has 29 heavy (non-hydrogen) atoms. The molecule has 5 N–H and O–H groups in total. The molecule has 1 unspecified atom stereocenters. The van der Waals surface area contributed by atoms with Crippen molar-refractivity contribution in [1.29, 1.82) is 0 Å². The smallest absolute Gasteiger partial charge is 0.397 e. The van der Waals surface area contributed by atoms with Crippen molar-refractivity contribution < 1.29 is 13.2 Å². The highest BCUT2D eigenvalue weighted by Gasteiger charge is 2.35. The lowest BCUT2D eigenvalue weighted by Crippen LogP contribution is -2.38. The van der Waals surface area contributed by atoms with Gasteiger partial charge in [0.05, 0.1) is 22.8 Å². The van der Waals surface area contributed by atoms with E-state index in [1.54, 1.807) is 5.01 Å². The Morgan fingerprint density at radius 3 is 1.83 bits per heavy atom. The standard InChI is InChI=1S/C22H25F3N4/c1-4-5-20(19(26)14-21(27)22(23,24)25)28-29(17-10-6-15(2)7-11-17)18-12-8-16(3)9-13-18/h4-14,21,28H,1,26-27H2,2-3H3/b19-14-,20-5-. The number of anilines is 2. The van der Waals surface area contributed by atoms with E-state index < -0.39 is 12.2 Å². The van der Waals surface area contributed by atoms with Gasteiger partial charge in [0.15, 0.2) is 0 Å². The zero-order valence-electron chi connectivity index (χ0n) is 16.4. The van der Waals surface area contributed by atoms with E-state index in [0.29, 0.717) is 0 Å². The number of nitrogens with zero attached hydrogens (tertiary/aromatic N) is 1. The number of rotatable bonds is 7. The van der Waals surface area contributed by atoms with Gasteiger partial charge >= 0.3 is 6.18 Å². The Kier molecular flexibility index (Phi) is 7.12. The van der Waals surface area contributed by atoms with Crippen molar-refractivity contribution in [3.8, 4) is 0 Å². The van der Waals surface area contributed by atoms with Gasteiger partial charge in [0.1, 0.15) is 6.04 Å². The van der Waals surface area contributed by atoms with Gasteiger partial charge in [0.2, 0.25) is 0 Å². The van der Waals surface area contributed by atoms with Crippen LogP contribution in [-0.2, 0) is 0 Å². The molecule has 2 rings (SSSR count). The summed E-state index contributed by atoms with van der Waals surface area (Å²) in [6.07, 6.45) is -0.892. The highest BCUT2D eigenvalue weighted by Crippen LogP contribution is 2.26. The van der Waals surface area contributed by atoms with Crippen molar-refractivity contribution in [1.82, 2.24) is 5.43 Å². The highest BCUT2D eigenvalue weighted by atomic mass is 19.4. The minimum Gasteiger partial charge on any atom is -0.397 e. The lowest BCUT2D eigenvalue weighted by atomic mass is 10.2. The number of hydrogen-bond donors (Lipinski definition) is 3. The van der Waals surface area contributed by atoms with E-state index in [4.69, 9.17) is 11.5 Å². The van der Waals surface area contributed by atoms with Crippen LogP contribution in [0.4, 0.5) is 24.5 Å². The molecular formula is C22H25F3N4. The molecule has 7 heteroatoms. The van der Waals surface area contributed by atoms with E-state index in [-0.39, 0.29) is 11.4 Å². The average molecular weight is 402 g/mol. The number of aryl methyl sites for hydroxylation is 2. The maximum Gasteiger partial charge on any atom is 0.407 e. The zero-order chi connectivity index (χ0) is 21.6. The quantitative estimate of drug-likeness (QED) is 0.462. The molecule has 1 atom stereocenters. The first kappa shape index (κ1) is 22.1. The largest absolute Gasteiger partial charge is 0.407 e. The third-order valence-electron chi connectivity index (χ3n) is 4.15. The number of alkyl halides is 3. The normalized spacial score (nSPS) is 13.7. The van der Waals surface area contributed by atoms with Crippen LogP contribution in [0.2, 0.25) is 0 Å². The van der Waals surface area contributed by atoms with Gasteiger partial charge in [-0.15, -0.1) is 0 Å². The van der Waals surface area contributed by atoms with Gasteiger partial charge < -0.3 is 11.5 Å². The summed E-state index contributed by atoms with van der Waals surface area (Å²) in [5.41, 5.74) is 18.0. The Balaban J connectivity index is 2.45. The van der Waals surface area contributed by atoms with Crippen LogP contribution < -0.4 is 21.9 Å². The maximum absolute atomic E-state index is 12.8. The number of hydrazine groups is 1. The zero-order valence-corrected chi connectivity index (χ0v) is 16.4. The van der Waals surface area contributed by atoms with E-state index >= 15 is 0 Å². The molecule has 0 saturated heterocycles. The van der Waals surface area contributed by atoms with Crippen LogP contribution in [0.1, 0.15) is 11.1 Å². The third-order valence-corrected chi connectivity index (χ3v) is 4.15. The minimum atomic E-state index is -4.59. The van der Waals surface area contributed by atoms with Gasteiger partial charge in [-0.05, 0) is 50.3 Å². The fourth-order valence-corrected chi connectivity index (χ4v) is 2.48. The van der Waals surface area contributed by atoms with Crippen LogP contribution >= 0.6 is 0 Å². The van der Waals surface area contributed by atoms with E-state index in [1.165, 1.54) is 12.2 Å². The van der Waals surface area contributed by atoms with E-state index in [2.05, 4.69) is 12.0 Å². The maximum atomic E-state index is 12.8. The lowest BCUT2D eigenvalue weighted by Gasteiger charge is -2.28. The van der Waals surface area contributed by atoms with Crippen molar-refractivity contribution in [2.75, 3.05) is 5.01 Å². The monoisotopic (exact) mass is 402 g/mol. The molecule has 0 saturated carbocycles. The second kappa shape index (κ2) is 9.34. The van der Waals surface area contributed by atoms with Crippen LogP contribution in [0, 0.1) is 13.8 Å². The second-order valence-electron chi connectivity index (χ2n) is 6.62. The molecule has 4 nitrogen and oxygen atoms in total. The molecule has 0 radical (unpaired) electrons. The van der Waals surface area contributed by atoms with Crippen LogP contribution in [0.15, 0.2) is 84.7 Å². The van der Waals surface area contributed by atoms with Crippen LogP contribution in [-0.4, -0.2) is 12.2 Å². The van der Waals surface area contributed by atoms with Crippen molar-refractivity contribution >= 4 is 11.4 Å². The lowest BCUT2D eigenvalue weighted by molar-refractivity contribution is -0.137. The molecule has 0 heterocycles. The SMILES string of the molecule is C=C/C=C(NN(c1ccc(C)cc1)c1ccc(C)cc1)/C(N)=C/C(N)C(F)(F)F. The summed E-state index contributed by atoms with van der Waals surface area (Å²) in [7, 11) is 0. The molecule has 154 valence electrons. The van der Waals surface area contributed by atoms with Crippen molar-refractivity contribution in [2.45, 2.75) is 26.1 Å². The predicted molar refractivity (Wildman–Crippen MR) is 112 cm³/mol. The number of nitrogens with one attached hydrogen (secondary N) is 1.